The van der Waals surface area contributed by atoms with Crippen LogP contribution >= 0.6 is 0 Å². The highest BCUT2D eigenvalue weighted by atomic mass is 19.4. The van der Waals surface area contributed by atoms with Crippen LogP contribution in [0.2, 0.25) is 0 Å². The number of carbonyl (C=O) groups excluding carboxylic acids is 1. The molecular formula is C20H20F3NO2. The second kappa shape index (κ2) is 7.02. The van der Waals surface area contributed by atoms with E-state index in [4.69, 9.17) is 4.74 Å². The highest BCUT2D eigenvalue weighted by molar-refractivity contribution is 5.81. The van der Waals surface area contributed by atoms with E-state index in [1.165, 1.54) is 12.1 Å². The van der Waals surface area contributed by atoms with Gasteiger partial charge in [-0.25, -0.2) is 4.79 Å². The number of hydrogen-bond donors (Lipinski definition) is 1. The molecule has 138 valence electrons. The fourth-order valence-electron chi connectivity index (χ4n) is 3.33. The molecule has 1 aliphatic rings. The highest BCUT2D eigenvalue weighted by Gasteiger charge is 2.34. The van der Waals surface area contributed by atoms with Crippen molar-refractivity contribution in [3.63, 3.8) is 0 Å². The van der Waals surface area contributed by atoms with E-state index in [0.29, 0.717) is 6.42 Å². The van der Waals surface area contributed by atoms with Gasteiger partial charge in [0.05, 0.1) is 12.2 Å². The molecule has 0 saturated carbocycles. The molecular weight excluding hydrogens is 343 g/mol. The molecule has 26 heavy (non-hydrogen) atoms. The van der Waals surface area contributed by atoms with Crippen LogP contribution in [0.5, 0.6) is 0 Å². The SMILES string of the molecule is CCOC(=O)C1CC(c2ccc(C(F)(F)F)cc2)c2cc(C)ccc2N1. The molecule has 2 atom stereocenters. The van der Waals surface area contributed by atoms with Gasteiger partial charge < -0.3 is 10.1 Å². The first kappa shape index (κ1) is 18.3. The number of benzene rings is 2. The van der Waals surface area contributed by atoms with E-state index in [1.54, 1.807) is 6.92 Å². The zero-order valence-electron chi connectivity index (χ0n) is 14.6. The number of carbonyl (C=O) groups is 1. The molecule has 3 nitrogen and oxygen atoms in total. The number of fused-ring (bicyclic) bond motifs is 1. The van der Waals surface area contributed by atoms with Gasteiger partial charge in [0.15, 0.2) is 0 Å². The summed E-state index contributed by atoms with van der Waals surface area (Å²) >= 11 is 0. The van der Waals surface area contributed by atoms with Crippen LogP contribution in [0.25, 0.3) is 0 Å². The van der Waals surface area contributed by atoms with Gasteiger partial charge in [-0.2, -0.15) is 13.2 Å². The van der Waals surface area contributed by atoms with Gasteiger partial charge in [-0.1, -0.05) is 29.8 Å². The Kier molecular flexibility index (Phi) is 4.94. The Morgan fingerprint density at radius 2 is 1.88 bits per heavy atom. The molecule has 0 fully saturated rings. The zero-order valence-corrected chi connectivity index (χ0v) is 14.6. The number of esters is 1. The molecule has 3 rings (SSSR count). The van der Waals surface area contributed by atoms with Crippen LogP contribution in [-0.2, 0) is 15.7 Å². The number of nitrogens with one attached hydrogen (secondary N) is 1. The first-order valence-corrected chi connectivity index (χ1v) is 8.50. The molecule has 0 spiro atoms. The van der Waals surface area contributed by atoms with Gasteiger partial charge in [-0.3, -0.25) is 0 Å². The summed E-state index contributed by atoms with van der Waals surface area (Å²) in [4.78, 5) is 12.2. The van der Waals surface area contributed by atoms with E-state index < -0.39 is 17.8 Å². The summed E-state index contributed by atoms with van der Waals surface area (Å²) in [5.74, 6) is -0.529. The number of hydrogen-bond acceptors (Lipinski definition) is 3. The number of alkyl halides is 3. The lowest BCUT2D eigenvalue weighted by Gasteiger charge is -2.32. The van der Waals surface area contributed by atoms with Crippen LogP contribution in [-0.4, -0.2) is 18.6 Å². The van der Waals surface area contributed by atoms with Crippen molar-refractivity contribution in [3.8, 4) is 0 Å². The van der Waals surface area contributed by atoms with Crippen LogP contribution in [0.1, 0.15) is 41.5 Å². The Morgan fingerprint density at radius 3 is 2.50 bits per heavy atom. The van der Waals surface area contributed by atoms with Gasteiger partial charge in [0.25, 0.3) is 0 Å². The van der Waals surface area contributed by atoms with Crippen molar-refractivity contribution in [3.05, 3.63) is 64.7 Å². The molecule has 0 bridgehead atoms. The first-order valence-electron chi connectivity index (χ1n) is 8.50. The van der Waals surface area contributed by atoms with Crippen LogP contribution in [0.15, 0.2) is 42.5 Å². The number of aryl methyl sites for hydroxylation is 1. The van der Waals surface area contributed by atoms with Crippen molar-refractivity contribution >= 4 is 11.7 Å². The van der Waals surface area contributed by atoms with Crippen molar-refractivity contribution in [2.75, 3.05) is 11.9 Å². The third-order valence-corrected chi connectivity index (χ3v) is 4.60. The lowest BCUT2D eigenvalue weighted by molar-refractivity contribution is -0.144. The van der Waals surface area contributed by atoms with Crippen LogP contribution in [0, 0.1) is 6.92 Å². The largest absolute Gasteiger partial charge is 0.464 e. The summed E-state index contributed by atoms with van der Waals surface area (Å²) < 4.78 is 43.6. The summed E-state index contributed by atoms with van der Waals surface area (Å²) in [5, 5.41) is 3.19. The maximum Gasteiger partial charge on any atom is 0.416 e. The second-order valence-corrected chi connectivity index (χ2v) is 6.45. The molecule has 1 aliphatic heterocycles. The van der Waals surface area contributed by atoms with E-state index in [9.17, 15) is 18.0 Å². The summed E-state index contributed by atoms with van der Waals surface area (Å²) in [6.07, 6.45) is -3.94. The zero-order chi connectivity index (χ0) is 18.9. The molecule has 0 amide bonds. The first-order chi connectivity index (χ1) is 12.3. The van der Waals surface area contributed by atoms with Gasteiger partial charge in [-0.15, -0.1) is 0 Å². The van der Waals surface area contributed by atoms with Crippen LogP contribution in [0.4, 0.5) is 18.9 Å². The average Bonchev–Trinajstić information content (AvgIpc) is 2.60. The lowest BCUT2D eigenvalue weighted by Crippen LogP contribution is -2.37. The maximum atomic E-state index is 12.8. The average molecular weight is 363 g/mol. The minimum absolute atomic E-state index is 0.178. The molecule has 1 N–H and O–H groups in total. The van der Waals surface area contributed by atoms with E-state index in [2.05, 4.69) is 5.32 Å². The molecule has 2 aromatic carbocycles. The molecule has 0 aromatic heterocycles. The summed E-state index contributed by atoms with van der Waals surface area (Å²) in [7, 11) is 0. The Balaban J connectivity index is 1.98. The van der Waals surface area contributed by atoms with E-state index in [-0.39, 0.29) is 18.5 Å². The lowest BCUT2D eigenvalue weighted by atomic mass is 9.81. The van der Waals surface area contributed by atoms with Crippen molar-refractivity contribution in [1.82, 2.24) is 0 Å². The minimum atomic E-state index is -4.37. The third-order valence-electron chi connectivity index (χ3n) is 4.60. The number of ether oxygens (including phenoxy) is 1. The molecule has 6 heteroatoms. The van der Waals surface area contributed by atoms with Gasteiger partial charge in [0.1, 0.15) is 6.04 Å². The maximum absolute atomic E-state index is 12.8. The van der Waals surface area contributed by atoms with E-state index >= 15 is 0 Å². The predicted octanol–water partition coefficient (Wildman–Crippen LogP) is 4.89. The standard InChI is InChI=1S/C20H20F3NO2/c1-3-26-19(25)18-11-15(16-10-12(2)4-9-17(16)24-18)13-5-7-14(8-6-13)20(21,22)23/h4-10,15,18,24H,3,11H2,1-2H3. The highest BCUT2D eigenvalue weighted by Crippen LogP contribution is 2.40. The molecule has 2 aromatic rings. The van der Waals surface area contributed by atoms with Gasteiger partial charge in [0, 0.05) is 11.6 Å². The quantitative estimate of drug-likeness (QED) is 0.789. The minimum Gasteiger partial charge on any atom is -0.464 e. The van der Waals surface area contributed by atoms with E-state index in [0.717, 1.165) is 34.5 Å². The smallest absolute Gasteiger partial charge is 0.416 e. The summed E-state index contributed by atoms with van der Waals surface area (Å²) in [5.41, 5.74) is 2.91. The van der Waals surface area contributed by atoms with Gasteiger partial charge in [0.2, 0.25) is 0 Å². The number of anilines is 1. The van der Waals surface area contributed by atoms with Crippen molar-refractivity contribution in [2.24, 2.45) is 0 Å². The van der Waals surface area contributed by atoms with Gasteiger partial charge in [-0.05, 0) is 49.6 Å². The molecule has 0 aliphatic carbocycles. The van der Waals surface area contributed by atoms with E-state index in [1.807, 2.05) is 25.1 Å². The summed E-state index contributed by atoms with van der Waals surface area (Å²) in [6.45, 7) is 3.98. The Morgan fingerprint density at radius 1 is 1.19 bits per heavy atom. The van der Waals surface area contributed by atoms with Crippen molar-refractivity contribution in [1.29, 1.82) is 0 Å². The van der Waals surface area contributed by atoms with Gasteiger partial charge >= 0.3 is 12.1 Å². The normalized spacial score (nSPS) is 19.4. The summed E-state index contributed by atoms with van der Waals surface area (Å²) in [6, 6.07) is 10.5. The third kappa shape index (κ3) is 3.69. The molecule has 0 saturated heterocycles. The number of rotatable bonds is 3. The topological polar surface area (TPSA) is 38.3 Å². The van der Waals surface area contributed by atoms with Crippen LogP contribution in [0.3, 0.4) is 0 Å². The fraction of sp³-hybridized carbons (Fsp3) is 0.350. The molecule has 0 radical (unpaired) electrons. The molecule has 1 heterocycles. The Hall–Kier alpha value is -2.50. The van der Waals surface area contributed by atoms with Crippen molar-refractivity contribution < 1.29 is 22.7 Å². The number of halogens is 3. The van der Waals surface area contributed by atoms with Crippen LogP contribution < -0.4 is 5.32 Å². The Bertz CT molecular complexity index is 800. The van der Waals surface area contributed by atoms with Crippen molar-refractivity contribution in [2.45, 2.75) is 38.4 Å². The monoisotopic (exact) mass is 363 g/mol. The predicted molar refractivity (Wildman–Crippen MR) is 93.1 cm³/mol. The second-order valence-electron chi connectivity index (χ2n) is 6.45. The fourth-order valence-corrected chi connectivity index (χ4v) is 3.33. The Labute approximate surface area is 150 Å². The molecule has 2 unspecified atom stereocenters.